The van der Waals surface area contributed by atoms with Gasteiger partial charge in [-0.15, -0.1) is 0 Å². The van der Waals surface area contributed by atoms with Crippen LogP contribution in [0.25, 0.3) is 0 Å². The van der Waals surface area contributed by atoms with E-state index < -0.39 is 0 Å². The van der Waals surface area contributed by atoms with Gasteiger partial charge < -0.3 is 16.0 Å². The van der Waals surface area contributed by atoms with Gasteiger partial charge in [-0.25, -0.2) is 0 Å². The summed E-state index contributed by atoms with van der Waals surface area (Å²) in [6.45, 7) is 2.11. The maximum Gasteiger partial charge on any atom is 0.255 e. The van der Waals surface area contributed by atoms with Crippen LogP contribution in [0.15, 0.2) is 48.5 Å². The van der Waals surface area contributed by atoms with E-state index in [9.17, 15) is 4.79 Å². The molecule has 1 saturated heterocycles. The van der Waals surface area contributed by atoms with Gasteiger partial charge in [-0.05, 0) is 43.2 Å². The Kier molecular flexibility index (Phi) is 3.77. The molecule has 21 heavy (non-hydrogen) atoms. The molecule has 1 fully saturated rings. The van der Waals surface area contributed by atoms with Gasteiger partial charge in [0.1, 0.15) is 0 Å². The summed E-state index contributed by atoms with van der Waals surface area (Å²) in [6, 6.07) is 14.9. The number of hydrogen-bond acceptors (Lipinski definition) is 3. The number of nitrogens with two attached hydrogens (primary N) is 1. The van der Waals surface area contributed by atoms with Crippen molar-refractivity contribution in [1.29, 1.82) is 0 Å². The molecule has 0 aliphatic carbocycles. The number of rotatable bonds is 3. The van der Waals surface area contributed by atoms with E-state index in [0.29, 0.717) is 11.3 Å². The summed E-state index contributed by atoms with van der Waals surface area (Å²) in [5.41, 5.74) is 9.26. The SMILES string of the molecule is Nc1cc(NC(=O)c2ccccc2)ccc1N1CCCC1. The first kappa shape index (κ1) is 13.5. The summed E-state index contributed by atoms with van der Waals surface area (Å²) < 4.78 is 0. The number of nitrogens with zero attached hydrogens (tertiary/aromatic N) is 1. The van der Waals surface area contributed by atoms with Gasteiger partial charge in [-0.1, -0.05) is 18.2 Å². The lowest BCUT2D eigenvalue weighted by Crippen LogP contribution is -2.19. The Hall–Kier alpha value is -2.49. The first-order valence-electron chi connectivity index (χ1n) is 7.25. The zero-order valence-corrected chi connectivity index (χ0v) is 11.9. The lowest BCUT2D eigenvalue weighted by atomic mass is 10.2. The van der Waals surface area contributed by atoms with Gasteiger partial charge in [0.25, 0.3) is 5.91 Å². The minimum Gasteiger partial charge on any atom is -0.397 e. The summed E-state index contributed by atoms with van der Waals surface area (Å²) in [7, 11) is 0. The molecule has 2 aromatic carbocycles. The molecule has 0 spiro atoms. The molecule has 0 unspecified atom stereocenters. The van der Waals surface area contributed by atoms with Gasteiger partial charge in [0.2, 0.25) is 0 Å². The van der Waals surface area contributed by atoms with Crippen molar-refractivity contribution >= 4 is 23.0 Å². The Balaban J connectivity index is 1.75. The molecule has 1 aliphatic rings. The van der Waals surface area contributed by atoms with E-state index in [2.05, 4.69) is 10.2 Å². The van der Waals surface area contributed by atoms with Gasteiger partial charge in [-0.3, -0.25) is 4.79 Å². The number of amides is 1. The molecule has 0 bridgehead atoms. The molecule has 2 aromatic rings. The maximum atomic E-state index is 12.1. The Morgan fingerprint density at radius 3 is 2.43 bits per heavy atom. The Bertz CT molecular complexity index is 634. The average Bonchev–Trinajstić information content (AvgIpc) is 3.02. The first-order chi connectivity index (χ1) is 10.2. The lowest BCUT2D eigenvalue weighted by molar-refractivity contribution is 0.102. The predicted molar refractivity (Wildman–Crippen MR) is 86.7 cm³/mol. The average molecular weight is 281 g/mol. The molecular formula is C17H19N3O. The standard InChI is InChI=1S/C17H19N3O/c18-15-12-14(8-9-16(15)20-10-4-5-11-20)19-17(21)13-6-2-1-3-7-13/h1-3,6-9,12H,4-5,10-11,18H2,(H,19,21). The topological polar surface area (TPSA) is 58.4 Å². The number of benzene rings is 2. The molecule has 0 saturated carbocycles. The Labute approximate surface area is 124 Å². The highest BCUT2D eigenvalue weighted by atomic mass is 16.1. The summed E-state index contributed by atoms with van der Waals surface area (Å²) in [4.78, 5) is 14.4. The largest absolute Gasteiger partial charge is 0.397 e. The number of hydrogen-bond donors (Lipinski definition) is 2. The van der Waals surface area contributed by atoms with Crippen LogP contribution in [-0.2, 0) is 0 Å². The van der Waals surface area contributed by atoms with E-state index in [1.807, 2.05) is 36.4 Å². The van der Waals surface area contributed by atoms with E-state index in [0.717, 1.165) is 24.5 Å². The van der Waals surface area contributed by atoms with Gasteiger partial charge in [0, 0.05) is 24.3 Å². The van der Waals surface area contributed by atoms with Gasteiger partial charge in [-0.2, -0.15) is 0 Å². The van der Waals surface area contributed by atoms with E-state index >= 15 is 0 Å². The van der Waals surface area contributed by atoms with E-state index in [4.69, 9.17) is 5.73 Å². The second kappa shape index (κ2) is 5.87. The van der Waals surface area contributed by atoms with Crippen LogP contribution in [-0.4, -0.2) is 19.0 Å². The number of nitrogens with one attached hydrogen (secondary N) is 1. The van der Waals surface area contributed by atoms with Crippen molar-refractivity contribution < 1.29 is 4.79 Å². The van der Waals surface area contributed by atoms with Crippen molar-refractivity contribution in [2.45, 2.75) is 12.8 Å². The molecule has 4 heteroatoms. The summed E-state index contributed by atoms with van der Waals surface area (Å²) in [5.74, 6) is -0.121. The van der Waals surface area contributed by atoms with Crippen molar-refractivity contribution in [3.8, 4) is 0 Å². The van der Waals surface area contributed by atoms with Crippen LogP contribution in [0, 0.1) is 0 Å². The fraction of sp³-hybridized carbons (Fsp3) is 0.235. The third kappa shape index (κ3) is 2.99. The smallest absolute Gasteiger partial charge is 0.255 e. The molecule has 108 valence electrons. The summed E-state index contributed by atoms with van der Waals surface area (Å²) in [6.07, 6.45) is 2.43. The van der Waals surface area contributed by atoms with E-state index in [-0.39, 0.29) is 5.91 Å². The molecule has 0 atom stereocenters. The number of carbonyl (C=O) groups is 1. The number of carbonyl (C=O) groups excluding carboxylic acids is 1. The van der Waals surface area contributed by atoms with Crippen molar-refractivity contribution in [1.82, 2.24) is 0 Å². The van der Waals surface area contributed by atoms with Crippen LogP contribution < -0.4 is 16.0 Å². The third-order valence-corrected chi connectivity index (χ3v) is 3.77. The molecule has 4 nitrogen and oxygen atoms in total. The van der Waals surface area contributed by atoms with Crippen LogP contribution in [0.2, 0.25) is 0 Å². The highest BCUT2D eigenvalue weighted by molar-refractivity contribution is 6.04. The lowest BCUT2D eigenvalue weighted by Gasteiger charge is -2.20. The number of nitrogen functional groups attached to an aromatic ring is 1. The zero-order valence-electron chi connectivity index (χ0n) is 11.9. The van der Waals surface area contributed by atoms with Crippen LogP contribution in [0.4, 0.5) is 17.1 Å². The van der Waals surface area contributed by atoms with Crippen molar-refractivity contribution in [2.24, 2.45) is 0 Å². The maximum absolute atomic E-state index is 12.1. The second-order valence-electron chi connectivity index (χ2n) is 5.29. The fourth-order valence-electron chi connectivity index (χ4n) is 2.67. The second-order valence-corrected chi connectivity index (χ2v) is 5.29. The zero-order chi connectivity index (χ0) is 14.7. The van der Waals surface area contributed by atoms with Crippen LogP contribution >= 0.6 is 0 Å². The molecule has 3 N–H and O–H groups in total. The molecule has 0 aromatic heterocycles. The van der Waals surface area contributed by atoms with Gasteiger partial charge >= 0.3 is 0 Å². The summed E-state index contributed by atoms with van der Waals surface area (Å²) >= 11 is 0. The molecular weight excluding hydrogens is 262 g/mol. The highest BCUT2D eigenvalue weighted by Crippen LogP contribution is 2.29. The first-order valence-corrected chi connectivity index (χ1v) is 7.25. The minimum atomic E-state index is -0.121. The molecule has 0 radical (unpaired) electrons. The molecule has 1 aliphatic heterocycles. The summed E-state index contributed by atoms with van der Waals surface area (Å²) in [5, 5.41) is 2.88. The fourth-order valence-corrected chi connectivity index (χ4v) is 2.67. The molecule has 1 amide bonds. The third-order valence-electron chi connectivity index (χ3n) is 3.77. The number of anilines is 3. The van der Waals surface area contributed by atoms with E-state index in [1.165, 1.54) is 12.8 Å². The van der Waals surface area contributed by atoms with Crippen LogP contribution in [0.1, 0.15) is 23.2 Å². The predicted octanol–water partition coefficient (Wildman–Crippen LogP) is 3.12. The van der Waals surface area contributed by atoms with Crippen LogP contribution in [0.3, 0.4) is 0 Å². The normalized spacial score (nSPS) is 14.2. The van der Waals surface area contributed by atoms with Crippen molar-refractivity contribution in [2.75, 3.05) is 29.0 Å². The Morgan fingerprint density at radius 1 is 1.05 bits per heavy atom. The van der Waals surface area contributed by atoms with Crippen molar-refractivity contribution in [3.63, 3.8) is 0 Å². The quantitative estimate of drug-likeness (QED) is 0.850. The van der Waals surface area contributed by atoms with Gasteiger partial charge in [0.15, 0.2) is 0 Å². The molecule has 3 rings (SSSR count). The van der Waals surface area contributed by atoms with Gasteiger partial charge in [0.05, 0.1) is 11.4 Å². The minimum absolute atomic E-state index is 0.121. The molecule has 1 heterocycles. The van der Waals surface area contributed by atoms with Crippen molar-refractivity contribution in [3.05, 3.63) is 54.1 Å². The van der Waals surface area contributed by atoms with E-state index in [1.54, 1.807) is 12.1 Å². The monoisotopic (exact) mass is 281 g/mol. The van der Waals surface area contributed by atoms with Crippen LogP contribution in [0.5, 0.6) is 0 Å². The highest BCUT2D eigenvalue weighted by Gasteiger charge is 2.15. The Morgan fingerprint density at radius 2 is 1.76 bits per heavy atom.